The summed E-state index contributed by atoms with van der Waals surface area (Å²) >= 11 is 6.20. The molecule has 4 unspecified atom stereocenters. The van der Waals surface area contributed by atoms with E-state index in [1.807, 2.05) is 41.5 Å². The molecule has 0 aromatic heterocycles. The lowest BCUT2D eigenvalue weighted by molar-refractivity contribution is -0.147. The van der Waals surface area contributed by atoms with E-state index in [0.29, 0.717) is 16.5 Å². The van der Waals surface area contributed by atoms with Crippen molar-refractivity contribution in [3.05, 3.63) is 46.0 Å². The molecule has 35 heavy (non-hydrogen) atoms. The third-order valence-electron chi connectivity index (χ3n) is 7.28. The molecule has 0 bridgehead atoms. The SMILES string of the molecule is CC(C)=CC1C(C(=O)O)C1(C)C.CC(C)=CC1C(C(=O)OCc2cc3c(cc2Cl)OCO3)C1(C)C. The Labute approximate surface area is 213 Å². The van der Waals surface area contributed by atoms with Crippen molar-refractivity contribution in [2.75, 3.05) is 6.79 Å². The van der Waals surface area contributed by atoms with Crippen LogP contribution in [0.5, 0.6) is 11.5 Å². The van der Waals surface area contributed by atoms with Crippen molar-refractivity contribution >= 4 is 23.5 Å². The van der Waals surface area contributed by atoms with Gasteiger partial charge in [0.1, 0.15) is 6.61 Å². The summed E-state index contributed by atoms with van der Waals surface area (Å²) in [7, 11) is 0. The van der Waals surface area contributed by atoms with Gasteiger partial charge in [0.15, 0.2) is 11.5 Å². The van der Waals surface area contributed by atoms with Gasteiger partial charge in [-0.2, -0.15) is 0 Å². The van der Waals surface area contributed by atoms with Crippen LogP contribution in [0, 0.1) is 34.5 Å². The van der Waals surface area contributed by atoms with Crippen molar-refractivity contribution < 1.29 is 28.9 Å². The first kappa shape index (κ1) is 27.1. The van der Waals surface area contributed by atoms with E-state index in [1.54, 1.807) is 12.1 Å². The lowest BCUT2D eigenvalue weighted by atomic mass is 10.1. The summed E-state index contributed by atoms with van der Waals surface area (Å²) in [6.45, 7) is 16.6. The molecule has 0 saturated heterocycles. The highest BCUT2D eigenvalue weighted by atomic mass is 35.5. The number of carboxylic acid groups (broad SMARTS) is 1. The van der Waals surface area contributed by atoms with Crippen LogP contribution < -0.4 is 9.47 Å². The molecule has 3 aliphatic rings. The minimum Gasteiger partial charge on any atom is -0.481 e. The van der Waals surface area contributed by atoms with Crippen LogP contribution in [0.3, 0.4) is 0 Å². The molecule has 1 aliphatic heterocycles. The molecule has 6 nitrogen and oxygen atoms in total. The second-order valence-corrected chi connectivity index (χ2v) is 11.8. The Morgan fingerprint density at radius 3 is 1.94 bits per heavy atom. The molecule has 192 valence electrons. The molecule has 0 radical (unpaired) electrons. The van der Waals surface area contributed by atoms with Crippen molar-refractivity contribution in [1.29, 1.82) is 0 Å². The third kappa shape index (κ3) is 5.85. The first-order chi connectivity index (χ1) is 16.2. The fourth-order valence-corrected chi connectivity index (χ4v) is 5.13. The summed E-state index contributed by atoms with van der Waals surface area (Å²) in [5, 5.41) is 9.35. The largest absolute Gasteiger partial charge is 0.481 e. The van der Waals surface area contributed by atoms with E-state index < -0.39 is 5.97 Å². The van der Waals surface area contributed by atoms with Crippen molar-refractivity contribution in [2.45, 2.75) is 62.0 Å². The number of carboxylic acids is 1. The maximum Gasteiger partial charge on any atom is 0.310 e. The predicted octanol–water partition coefficient (Wildman–Crippen LogP) is 6.66. The van der Waals surface area contributed by atoms with Gasteiger partial charge in [-0.05, 0) is 56.4 Å². The van der Waals surface area contributed by atoms with Crippen LogP contribution in [-0.4, -0.2) is 23.8 Å². The number of rotatable bonds is 6. The Kier molecular flexibility index (Phi) is 7.66. The Morgan fingerprint density at radius 2 is 1.46 bits per heavy atom. The molecule has 4 atom stereocenters. The topological polar surface area (TPSA) is 82.1 Å². The van der Waals surface area contributed by atoms with Crippen molar-refractivity contribution in [3.63, 3.8) is 0 Å². The van der Waals surface area contributed by atoms with Gasteiger partial charge in [-0.25, -0.2) is 0 Å². The number of fused-ring (bicyclic) bond motifs is 1. The van der Waals surface area contributed by atoms with Crippen LogP contribution in [0.1, 0.15) is 61.0 Å². The van der Waals surface area contributed by atoms with Crippen molar-refractivity contribution in [2.24, 2.45) is 34.5 Å². The number of allylic oxidation sites excluding steroid dienone is 4. The lowest BCUT2D eigenvalue weighted by Crippen LogP contribution is -2.10. The number of hydrogen-bond acceptors (Lipinski definition) is 5. The fraction of sp³-hybridized carbons (Fsp3) is 0.571. The van der Waals surface area contributed by atoms with Gasteiger partial charge in [0, 0.05) is 11.6 Å². The number of aliphatic carboxylic acids is 1. The lowest BCUT2D eigenvalue weighted by Gasteiger charge is -2.08. The zero-order chi connectivity index (χ0) is 26.3. The molecular weight excluding hydrogens is 468 g/mol. The average molecular weight is 505 g/mol. The van der Waals surface area contributed by atoms with Gasteiger partial charge in [-0.15, -0.1) is 0 Å². The van der Waals surface area contributed by atoms with Gasteiger partial charge in [-0.3, -0.25) is 9.59 Å². The molecule has 0 amide bonds. The highest BCUT2D eigenvalue weighted by Crippen LogP contribution is 2.60. The minimum absolute atomic E-state index is 0.0386. The quantitative estimate of drug-likeness (QED) is 0.344. The van der Waals surface area contributed by atoms with Crippen LogP contribution in [0.15, 0.2) is 35.4 Å². The standard InChI is InChI=1S/C18H21ClO4.C10H16O2/c1-10(2)5-12-16(18(12,3)4)17(20)21-8-11-6-14-15(7-13(11)19)23-9-22-14;1-6(2)5-7-8(9(11)12)10(7,3)4/h5-7,12,16H,8-9H2,1-4H3;5,7-8H,1-4H3,(H,11,12). The van der Waals surface area contributed by atoms with E-state index in [-0.39, 0.29) is 53.9 Å². The fourth-order valence-electron chi connectivity index (χ4n) is 4.93. The molecule has 1 heterocycles. The Balaban J connectivity index is 0.000000241. The Bertz CT molecular complexity index is 1060. The smallest absolute Gasteiger partial charge is 0.310 e. The van der Waals surface area contributed by atoms with E-state index in [4.69, 9.17) is 30.9 Å². The molecule has 1 aromatic carbocycles. The molecule has 2 fully saturated rings. The number of ether oxygens (including phenoxy) is 3. The van der Waals surface area contributed by atoms with Crippen LogP contribution >= 0.6 is 11.6 Å². The van der Waals surface area contributed by atoms with Gasteiger partial charge < -0.3 is 19.3 Å². The second kappa shape index (κ2) is 9.88. The number of halogens is 1. The molecule has 1 N–H and O–H groups in total. The van der Waals surface area contributed by atoms with Crippen molar-refractivity contribution in [3.8, 4) is 11.5 Å². The molecule has 4 rings (SSSR count). The zero-order valence-electron chi connectivity index (χ0n) is 21.9. The van der Waals surface area contributed by atoms with Gasteiger partial charge in [0.05, 0.1) is 16.9 Å². The summed E-state index contributed by atoms with van der Waals surface area (Å²) < 4.78 is 16.1. The first-order valence-electron chi connectivity index (χ1n) is 12.0. The second-order valence-electron chi connectivity index (χ2n) is 11.4. The maximum absolute atomic E-state index is 12.4. The van der Waals surface area contributed by atoms with Gasteiger partial charge in [-0.1, -0.05) is 62.6 Å². The summed E-state index contributed by atoms with van der Waals surface area (Å²) in [6, 6.07) is 3.46. The maximum atomic E-state index is 12.4. The third-order valence-corrected chi connectivity index (χ3v) is 7.63. The number of carbonyl (C=O) groups excluding carboxylic acids is 1. The van der Waals surface area contributed by atoms with Crippen LogP contribution in [-0.2, 0) is 20.9 Å². The van der Waals surface area contributed by atoms with E-state index in [1.165, 1.54) is 11.1 Å². The van der Waals surface area contributed by atoms with Crippen molar-refractivity contribution in [1.82, 2.24) is 0 Å². The number of benzene rings is 1. The molecule has 2 aliphatic carbocycles. The van der Waals surface area contributed by atoms with Crippen LogP contribution in [0.2, 0.25) is 5.02 Å². The molecule has 2 saturated carbocycles. The number of carbonyl (C=O) groups is 2. The molecule has 1 aromatic rings. The zero-order valence-corrected chi connectivity index (χ0v) is 22.7. The van der Waals surface area contributed by atoms with E-state index in [0.717, 1.165) is 5.56 Å². The molecule has 0 spiro atoms. The van der Waals surface area contributed by atoms with Gasteiger partial charge in [0.2, 0.25) is 6.79 Å². The summed E-state index contributed by atoms with van der Waals surface area (Å²) in [4.78, 5) is 23.1. The van der Waals surface area contributed by atoms with E-state index in [9.17, 15) is 9.59 Å². The number of esters is 1. The Morgan fingerprint density at radius 1 is 0.971 bits per heavy atom. The monoisotopic (exact) mass is 504 g/mol. The Hall–Kier alpha value is -2.47. The predicted molar refractivity (Wildman–Crippen MR) is 135 cm³/mol. The summed E-state index contributed by atoms with van der Waals surface area (Å²) in [5.41, 5.74) is 3.06. The summed E-state index contributed by atoms with van der Waals surface area (Å²) in [6.07, 6.45) is 4.22. The van der Waals surface area contributed by atoms with Crippen LogP contribution in [0.4, 0.5) is 0 Å². The molecular formula is C28H37ClO6. The van der Waals surface area contributed by atoms with Gasteiger partial charge >= 0.3 is 11.9 Å². The molecule has 7 heteroatoms. The number of hydrogen-bond donors (Lipinski definition) is 1. The van der Waals surface area contributed by atoms with E-state index >= 15 is 0 Å². The highest BCUT2D eigenvalue weighted by Gasteiger charge is 2.61. The first-order valence-corrected chi connectivity index (χ1v) is 12.3. The normalized spacial score (nSPS) is 26.0. The average Bonchev–Trinajstić information content (AvgIpc) is 3.32. The minimum atomic E-state index is -0.664. The highest BCUT2D eigenvalue weighted by molar-refractivity contribution is 6.31. The summed E-state index contributed by atoms with van der Waals surface area (Å²) in [5.74, 6) is 0.630. The van der Waals surface area contributed by atoms with E-state index in [2.05, 4.69) is 26.0 Å². The van der Waals surface area contributed by atoms with Crippen LogP contribution in [0.25, 0.3) is 0 Å². The van der Waals surface area contributed by atoms with Gasteiger partial charge in [0.25, 0.3) is 0 Å².